The number of carbonyl (C=O) groups is 1. The van der Waals surface area contributed by atoms with Gasteiger partial charge in [0, 0.05) is 19.0 Å². The van der Waals surface area contributed by atoms with Gasteiger partial charge in [-0.15, -0.1) is 10.2 Å². The van der Waals surface area contributed by atoms with E-state index in [-0.39, 0.29) is 17.7 Å². The van der Waals surface area contributed by atoms with E-state index in [1.54, 1.807) is 6.92 Å². The Morgan fingerprint density at radius 1 is 1.28 bits per heavy atom. The van der Waals surface area contributed by atoms with Gasteiger partial charge < -0.3 is 9.32 Å². The maximum absolute atomic E-state index is 12.7. The maximum atomic E-state index is 12.7. The highest BCUT2D eigenvalue weighted by molar-refractivity contribution is 5.79. The molecule has 3 heterocycles. The highest BCUT2D eigenvalue weighted by Gasteiger charge is 2.55. The molecule has 0 bridgehead atoms. The lowest BCUT2D eigenvalue weighted by molar-refractivity contribution is -0.129. The van der Waals surface area contributed by atoms with Crippen molar-refractivity contribution in [1.29, 1.82) is 0 Å². The van der Waals surface area contributed by atoms with Crippen molar-refractivity contribution >= 4 is 5.91 Å². The first kappa shape index (κ1) is 15.0. The van der Waals surface area contributed by atoms with Crippen LogP contribution in [-0.4, -0.2) is 44.4 Å². The van der Waals surface area contributed by atoms with Crippen LogP contribution in [0, 0.1) is 12.8 Å². The van der Waals surface area contributed by atoms with Gasteiger partial charge in [-0.2, -0.15) is 0 Å². The molecule has 3 aliphatic rings. The van der Waals surface area contributed by atoms with Gasteiger partial charge in [-0.05, 0) is 38.5 Å². The van der Waals surface area contributed by atoms with Crippen LogP contribution >= 0.6 is 0 Å². The van der Waals surface area contributed by atoms with E-state index in [1.165, 1.54) is 0 Å². The lowest BCUT2D eigenvalue weighted by Crippen LogP contribution is -2.35. The van der Waals surface area contributed by atoms with Crippen LogP contribution < -0.4 is 0 Å². The minimum Gasteiger partial charge on any atom is -0.424 e. The molecule has 5 rings (SSSR count). The summed E-state index contributed by atoms with van der Waals surface area (Å²) in [6.07, 6.45) is 5.80. The second-order valence-corrected chi connectivity index (χ2v) is 7.71. The van der Waals surface area contributed by atoms with Crippen LogP contribution in [0.3, 0.4) is 0 Å². The van der Waals surface area contributed by atoms with E-state index >= 15 is 0 Å². The molecule has 2 saturated carbocycles. The molecule has 0 spiro atoms. The fourth-order valence-corrected chi connectivity index (χ4v) is 4.42. The molecule has 25 heavy (non-hydrogen) atoms. The number of rotatable bonds is 4. The summed E-state index contributed by atoms with van der Waals surface area (Å²) < 4.78 is 10.8. The average molecular weight is 343 g/mol. The molecular weight excluding hydrogens is 322 g/mol. The van der Waals surface area contributed by atoms with E-state index in [4.69, 9.17) is 9.05 Å². The molecule has 2 aromatic rings. The van der Waals surface area contributed by atoms with E-state index in [9.17, 15) is 4.79 Å². The standard InChI is InChI=1S/C17H21N5O3/c1-10-13(21-25-20-10)7-14(23)22-8-12-3-2-6-17(12,9-22)16-19-18-15(24-16)11-4-5-11/h11-12H,2-9H2,1H3/t12-,17-/m0/s1. The van der Waals surface area contributed by atoms with Crippen LogP contribution in [0.5, 0.6) is 0 Å². The Labute approximate surface area is 144 Å². The molecule has 2 aromatic heterocycles. The molecule has 0 N–H and O–H groups in total. The molecule has 3 fully saturated rings. The second-order valence-electron chi connectivity index (χ2n) is 7.71. The van der Waals surface area contributed by atoms with Gasteiger partial charge in [-0.25, -0.2) is 4.63 Å². The highest BCUT2D eigenvalue weighted by atomic mass is 16.6. The second kappa shape index (κ2) is 5.37. The van der Waals surface area contributed by atoms with Crippen molar-refractivity contribution in [2.45, 2.75) is 56.8 Å². The highest BCUT2D eigenvalue weighted by Crippen LogP contribution is 2.51. The molecule has 132 valence electrons. The Morgan fingerprint density at radius 2 is 2.16 bits per heavy atom. The smallest absolute Gasteiger partial charge is 0.228 e. The zero-order chi connectivity index (χ0) is 17.0. The summed E-state index contributed by atoms with van der Waals surface area (Å²) >= 11 is 0. The Balaban J connectivity index is 1.37. The summed E-state index contributed by atoms with van der Waals surface area (Å²) in [7, 11) is 0. The summed E-state index contributed by atoms with van der Waals surface area (Å²) in [5.41, 5.74) is 1.13. The monoisotopic (exact) mass is 343 g/mol. The minimum atomic E-state index is -0.160. The molecule has 0 unspecified atom stereocenters. The number of amides is 1. The fourth-order valence-electron chi connectivity index (χ4n) is 4.42. The lowest BCUT2D eigenvalue weighted by Gasteiger charge is -2.24. The zero-order valence-corrected chi connectivity index (χ0v) is 14.3. The number of hydrogen-bond acceptors (Lipinski definition) is 7. The zero-order valence-electron chi connectivity index (χ0n) is 14.3. The Kier molecular flexibility index (Phi) is 3.23. The van der Waals surface area contributed by atoms with Crippen molar-refractivity contribution in [3.8, 4) is 0 Å². The van der Waals surface area contributed by atoms with E-state index in [0.29, 0.717) is 29.8 Å². The normalized spacial score (nSPS) is 28.5. The Hall–Kier alpha value is -2.25. The van der Waals surface area contributed by atoms with Gasteiger partial charge in [0.2, 0.25) is 17.7 Å². The molecule has 0 radical (unpaired) electrons. The average Bonchev–Trinajstić information content (AvgIpc) is 2.94. The van der Waals surface area contributed by atoms with E-state index in [0.717, 1.165) is 50.4 Å². The predicted molar refractivity (Wildman–Crippen MR) is 84.6 cm³/mol. The molecule has 0 aromatic carbocycles. The largest absolute Gasteiger partial charge is 0.424 e. The Bertz CT molecular complexity index is 811. The van der Waals surface area contributed by atoms with Gasteiger partial charge in [-0.3, -0.25) is 4.79 Å². The minimum absolute atomic E-state index is 0.0644. The third kappa shape index (κ3) is 2.38. The number of carbonyl (C=O) groups excluding carboxylic acids is 1. The van der Waals surface area contributed by atoms with Crippen molar-refractivity contribution in [2.75, 3.05) is 13.1 Å². The summed E-state index contributed by atoms with van der Waals surface area (Å²) in [5, 5.41) is 16.2. The van der Waals surface area contributed by atoms with Gasteiger partial charge >= 0.3 is 0 Å². The summed E-state index contributed by atoms with van der Waals surface area (Å²) in [5.74, 6) is 2.45. The Morgan fingerprint density at radius 3 is 2.92 bits per heavy atom. The number of nitrogens with zero attached hydrogens (tertiary/aromatic N) is 5. The van der Waals surface area contributed by atoms with Crippen LogP contribution in [-0.2, 0) is 16.6 Å². The van der Waals surface area contributed by atoms with Crippen molar-refractivity contribution in [2.24, 2.45) is 5.92 Å². The summed E-state index contributed by atoms with van der Waals surface area (Å²) in [6.45, 7) is 3.22. The van der Waals surface area contributed by atoms with E-state index < -0.39 is 0 Å². The number of hydrogen-bond donors (Lipinski definition) is 0. The van der Waals surface area contributed by atoms with Crippen LogP contribution in [0.4, 0.5) is 0 Å². The van der Waals surface area contributed by atoms with Crippen LogP contribution in [0.15, 0.2) is 9.05 Å². The van der Waals surface area contributed by atoms with Crippen molar-refractivity contribution < 1.29 is 13.8 Å². The number of likely N-dealkylation sites (tertiary alicyclic amines) is 1. The fraction of sp³-hybridized carbons (Fsp3) is 0.706. The molecule has 1 saturated heterocycles. The van der Waals surface area contributed by atoms with Gasteiger partial charge in [0.1, 0.15) is 11.4 Å². The van der Waals surface area contributed by atoms with Gasteiger partial charge in [0.25, 0.3) is 0 Å². The SMILES string of the molecule is Cc1nonc1CC(=O)N1C[C@@H]2CCC[C@]2(c2nnc(C3CC3)o2)C1. The molecule has 2 atom stereocenters. The van der Waals surface area contributed by atoms with E-state index in [1.807, 2.05) is 4.90 Å². The first-order valence-electron chi connectivity index (χ1n) is 9.05. The lowest BCUT2D eigenvalue weighted by atomic mass is 9.80. The number of aryl methyl sites for hydroxylation is 1. The topological polar surface area (TPSA) is 98.2 Å². The third-order valence-corrected chi connectivity index (χ3v) is 6.08. The molecule has 1 aliphatic heterocycles. The van der Waals surface area contributed by atoms with Crippen LogP contribution in [0.25, 0.3) is 0 Å². The van der Waals surface area contributed by atoms with Crippen molar-refractivity contribution in [1.82, 2.24) is 25.4 Å². The number of aromatic nitrogens is 4. The molecule has 2 aliphatic carbocycles. The third-order valence-electron chi connectivity index (χ3n) is 6.08. The van der Waals surface area contributed by atoms with Crippen LogP contribution in [0.1, 0.15) is 61.2 Å². The van der Waals surface area contributed by atoms with E-state index in [2.05, 4.69) is 20.5 Å². The van der Waals surface area contributed by atoms with Crippen molar-refractivity contribution in [3.05, 3.63) is 23.2 Å². The quantitative estimate of drug-likeness (QED) is 0.834. The van der Waals surface area contributed by atoms with Gasteiger partial charge in [-0.1, -0.05) is 16.7 Å². The van der Waals surface area contributed by atoms with Crippen molar-refractivity contribution in [3.63, 3.8) is 0 Å². The summed E-state index contributed by atoms with van der Waals surface area (Å²) in [4.78, 5) is 14.7. The maximum Gasteiger partial charge on any atom is 0.228 e. The van der Waals surface area contributed by atoms with Gasteiger partial charge in [0.15, 0.2) is 0 Å². The molecular formula is C17H21N5O3. The first-order valence-corrected chi connectivity index (χ1v) is 9.05. The molecule has 8 nitrogen and oxygen atoms in total. The molecule has 8 heteroatoms. The van der Waals surface area contributed by atoms with Crippen LogP contribution in [0.2, 0.25) is 0 Å². The first-order chi connectivity index (χ1) is 12.2. The summed E-state index contributed by atoms with van der Waals surface area (Å²) in [6, 6.07) is 0. The molecule has 1 amide bonds. The predicted octanol–water partition coefficient (Wildman–Crippen LogP) is 1.76. The van der Waals surface area contributed by atoms with Gasteiger partial charge in [0.05, 0.1) is 11.8 Å². The number of fused-ring (bicyclic) bond motifs is 1.